The number of quaternary nitrogens is 1. The van der Waals surface area contributed by atoms with Crippen LogP contribution in [0.4, 0.5) is 0 Å². The van der Waals surface area contributed by atoms with E-state index in [1.807, 2.05) is 18.2 Å². The number of hydrogen-bond donors (Lipinski definition) is 2. The van der Waals surface area contributed by atoms with Crippen molar-refractivity contribution in [3.8, 4) is 0 Å². The summed E-state index contributed by atoms with van der Waals surface area (Å²) in [4.78, 5) is 9.34. The first-order valence-corrected chi connectivity index (χ1v) is 4.72. The molecule has 84 valence electrons. The molecule has 15 heavy (non-hydrogen) atoms. The fourth-order valence-corrected chi connectivity index (χ4v) is 0.782. The van der Waals surface area contributed by atoms with Gasteiger partial charge in [0.25, 0.3) is 0 Å². The summed E-state index contributed by atoms with van der Waals surface area (Å²) in [6.45, 7) is 3.23. The lowest BCUT2D eigenvalue weighted by Gasteiger charge is -2.00. The first-order valence-electron chi connectivity index (χ1n) is 4.72. The van der Waals surface area contributed by atoms with E-state index in [2.05, 4.69) is 24.8 Å². The molecule has 0 aliphatic heterocycles. The maximum atomic E-state index is 9.34. The molecule has 0 heterocycles. The fourth-order valence-electron chi connectivity index (χ4n) is 0.782. The van der Waals surface area contributed by atoms with Crippen LogP contribution in [-0.4, -0.2) is 17.2 Å². The molecule has 0 aliphatic carbocycles. The van der Waals surface area contributed by atoms with E-state index in [4.69, 9.17) is 5.11 Å². The van der Waals surface area contributed by atoms with Gasteiger partial charge in [0, 0.05) is 5.56 Å². The van der Waals surface area contributed by atoms with Crippen LogP contribution in [0.1, 0.15) is 25.5 Å². The molecule has 1 aromatic carbocycles. The zero-order valence-corrected chi connectivity index (χ0v) is 9.01. The number of aliphatic hydroxyl groups excluding tert-OH is 1. The van der Waals surface area contributed by atoms with Gasteiger partial charge in [-0.25, -0.2) is 0 Å². The molecule has 0 bridgehead atoms. The average molecular weight is 211 g/mol. The summed E-state index contributed by atoms with van der Waals surface area (Å²) in [6, 6.07) is 10.7. The minimum atomic E-state index is -1.44. The molecular weight excluding hydrogens is 194 g/mol. The van der Waals surface area contributed by atoms with Crippen molar-refractivity contribution in [1.82, 2.24) is 0 Å². The minimum absolute atomic E-state index is 0.409. The molecule has 0 unspecified atom stereocenters. The van der Waals surface area contributed by atoms with Gasteiger partial charge in [0.1, 0.15) is 6.04 Å². The minimum Gasteiger partial charge on any atom is -0.547 e. The molecule has 0 aromatic heterocycles. The van der Waals surface area contributed by atoms with Crippen molar-refractivity contribution >= 4 is 5.97 Å². The number of aliphatic hydroxyl groups is 1. The number of carboxylic acid groups (broad SMARTS) is 1. The SMILES string of the molecule is C[C@@H]([NH3+])c1ccccc1.C[C@H](O)C(=O)[O-]. The second-order valence-electron chi connectivity index (χ2n) is 3.31. The molecule has 0 fully saturated rings. The van der Waals surface area contributed by atoms with Crippen molar-refractivity contribution in [1.29, 1.82) is 0 Å². The Morgan fingerprint density at radius 3 is 1.93 bits per heavy atom. The number of aliphatic carboxylic acids is 1. The Hall–Kier alpha value is -1.39. The van der Waals surface area contributed by atoms with Gasteiger partial charge >= 0.3 is 0 Å². The Balaban J connectivity index is 0.000000288. The Kier molecular flexibility index (Phi) is 6.33. The second-order valence-corrected chi connectivity index (χ2v) is 3.31. The summed E-state index contributed by atoms with van der Waals surface area (Å²) in [6.07, 6.45) is -1.34. The van der Waals surface area contributed by atoms with E-state index in [9.17, 15) is 9.90 Å². The first kappa shape index (κ1) is 13.6. The summed E-state index contributed by atoms with van der Waals surface area (Å²) in [7, 11) is 0. The first-order chi connectivity index (χ1) is 6.95. The molecule has 4 nitrogen and oxygen atoms in total. The zero-order valence-electron chi connectivity index (χ0n) is 9.01. The molecule has 0 amide bonds. The Bertz CT molecular complexity index is 283. The van der Waals surface area contributed by atoms with E-state index >= 15 is 0 Å². The lowest BCUT2D eigenvalue weighted by Crippen LogP contribution is -2.51. The molecule has 1 aromatic rings. The van der Waals surface area contributed by atoms with Crippen LogP contribution in [0.3, 0.4) is 0 Å². The van der Waals surface area contributed by atoms with E-state index < -0.39 is 12.1 Å². The number of benzene rings is 1. The summed E-state index contributed by atoms with van der Waals surface area (Å²) < 4.78 is 0. The van der Waals surface area contributed by atoms with Crippen molar-refractivity contribution < 1.29 is 20.7 Å². The maximum Gasteiger partial charge on any atom is 0.107 e. The number of carbonyl (C=O) groups is 1. The van der Waals surface area contributed by atoms with Crippen molar-refractivity contribution in [2.75, 3.05) is 0 Å². The third-order valence-corrected chi connectivity index (χ3v) is 1.71. The third-order valence-electron chi connectivity index (χ3n) is 1.71. The number of carbonyl (C=O) groups excluding carboxylic acids is 1. The standard InChI is InChI=1S/C8H11N.C3H6O3/c1-7(9)8-5-3-2-4-6-8;1-2(4)3(5)6/h2-7H,9H2,1H3;2,4H,1H3,(H,5,6)/t7-;2-/m10/s1. The number of hydrogen-bond acceptors (Lipinski definition) is 3. The van der Waals surface area contributed by atoms with Gasteiger partial charge in [0.15, 0.2) is 0 Å². The molecular formula is C11H17NO3. The van der Waals surface area contributed by atoms with Crippen molar-refractivity contribution in [2.45, 2.75) is 26.0 Å². The van der Waals surface area contributed by atoms with Gasteiger partial charge in [0.05, 0.1) is 12.1 Å². The summed E-state index contributed by atoms with van der Waals surface area (Å²) in [5, 5.41) is 17.3. The molecule has 0 radical (unpaired) electrons. The van der Waals surface area contributed by atoms with Crippen molar-refractivity contribution in [3.63, 3.8) is 0 Å². The number of rotatable bonds is 2. The average Bonchev–Trinajstić information content (AvgIpc) is 2.20. The summed E-state index contributed by atoms with van der Waals surface area (Å²) >= 11 is 0. The highest BCUT2D eigenvalue weighted by Gasteiger charge is 1.97. The van der Waals surface area contributed by atoms with Gasteiger partial charge in [-0.3, -0.25) is 0 Å². The van der Waals surface area contributed by atoms with Crippen LogP contribution >= 0.6 is 0 Å². The van der Waals surface area contributed by atoms with Gasteiger partial charge in [0.2, 0.25) is 0 Å². The van der Waals surface area contributed by atoms with Gasteiger partial charge < -0.3 is 20.7 Å². The number of carboxylic acids is 1. The van der Waals surface area contributed by atoms with E-state index in [0.717, 1.165) is 6.92 Å². The third kappa shape index (κ3) is 6.65. The van der Waals surface area contributed by atoms with Gasteiger partial charge in [-0.1, -0.05) is 30.3 Å². The quantitative estimate of drug-likeness (QED) is 0.665. The predicted molar refractivity (Wildman–Crippen MR) is 54.4 cm³/mol. The molecule has 2 atom stereocenters. The fraction of sp³-hybridized carbons (Fsp3) is 0.364. The summed E-state index contributed by atoms with van der Waals surface area (Å²) in [5.41, 5.74) is 5.21. The van der Waals surface area contributed by atoms with Crippen LogP contribution in [0.2, 0.25) is 0 Å². The topological polar surface area (TPSA) is 88.0 Å². The Morgan fingerprint density at radius 1 is 1.33 bits per heavy atom. The molecule has 0 aliphatic rings. The highest BCUT2D eigenvalue weighted by Crippen LogP contribution is 2.04. The van der Waals surface area contributed by atoms with Crippen molar-refractivity contribution in [3.05, 3.63) is 35.9 Å². The molecule has 4 N–H and O–H groups in total. The zero-order chi connectivity index (χ0) is 11.8. The molecule has 1 rings (SSSR count). The molecule has 0 saturated carbocycles. The van der Waals surface area contributed by atoms with Crippen molar-refractivity contribution in [2.24, 2.45) is 0 Å². The Labute approximate surface area is 89.4 Å². The highest BCUT2D eigenvalue weighted by molar-refractivity contribution is 5.68. The molecule has 0 saturated heterocycles. The maximum absolute atomic E-state index is 9.34. The van der Waals surface area contributed by atoms with Gasteiger partial charge in [-0.15, -0.1) is 0 Å². The smallest absolute Gasteiger partial charge is 0.107 e. The van der Waals surface area contributed by atoms with E-state index in [-0.39, 0.29) is 0 Å². The largest absolute Gasteiger partial charge is 0.547 e. The predicted octanol–water partition coefficient (Wildman–Crippen LogP) is -0.893. The second kappa shape index (κ2) is 6.98. The normalized spacial score (nSPS) is 13.3. The Morgan fingerprint density at radius 2 is 1.73 bits per heavy atom. The molecule has 0 spiro atoms. The van der Waals surface area contributed by atoms with Crippen LogP contribution in [-0.2, 0) is 4.79 Å². The van der Waals surface area contributed by atoms with E-state index in [1.54, 1.807) is 0 Å². The van der Waals surface area contributed by atoms with Crippen LogP contribution in [0.25, 0.3) is 0 Å². The van der Waals surface area contributed by atoms with E-state index in [0.29, 0.717) is 6.04 Å². The summed E-state index contributed by atoms with van der Waals surface area (Å²) in [5.74, 6) is -1.44. The monoisotopic (exact) mass is 211 g/mol. The lowest BCUT2D eigenvalue weighted by molar-refractivity contribution is -0.420. The van der Waals surface area contributed by atoms with E-state index in [1.165, 1.54) is 5.56 Å². The van der Waals surface area contributed by atoms with Gasteiger partial charge in [-0.05, 0) is 13.8 Å². The van der Waals surface area contributed by atoms with Crippen LogP contribution < -0.4 is 10.8 Å². The van der Waals surface area contributed by atoms with Crippen LogP contribution in [0.15, 0.2) is 30.3 Å². The lowest BCUT2D eigenvalue weighted by atomic mass is 10.1. The van der Waals surface area contributed by atoms with Crippen LogP contribution in [0, 0.1) is 0 Å². The highest BCUT2D eigenvalue weighted by atomic mass is 16.4. The van der Waals surface area contributed by atoms with Crippen LogP contribution in [0.5, 0.6) is 0 Å². The van der Waals surface area contributed by atoms with Gasteiger partial charge in [-0.2, -0.15) is 0 Å². The molecule has 4 heteroatoms.